The Morgan fingerprint density at radius 1 is 1.08 bits per heavy atom. The van der Waals surface area contributed by atoms with E-state index in [1.54, 1.807) is 6.92 Å². The number of hydrogen-bond donors (Lipinski definition) is 2. The van der Waals surface area contributed by atoms with Crippen molar-refractivity contribution < 1.29 is 14.3 Å². The Morgan fingerprint density at radius 2 is 1.79 bits per heavy atom. The predicted molar refractivity (Wildman–Crippen MR) is 90.0 cm³/mol. The highest BCUT2D eigenvalue weighted by Gasteiger charge is 2.19. The van der Waals surface area contributed by atoms with Gasteiger partial charge in [-0.15, -0.1) is 0 Å². The third-order valence-corrected chi connectivity index (χ3v) is 4.25. The van der Waals surface area contributed by atoms with Crippen LogP contribution in [-0.4, -0.2) is 46.3 Å². The maximum atomic E-state index is 12.4. The zero-order valence-electron chi connectivity index (χ0n) is 14.4. The number of hydrogen-bond acceptors (Lipinski definition) is 5. The summed E-state index contributed by atoms with van der Waals surface area (Å²) < 4.78 is 4.86. The summed E-state index contributed by atoms with van der Waals surface area (Å²) >= 11 is 0. The third-order valence-electron chi connectivity index (χ3n) is 4.25. The van der Waals surface area contributed by atoms with Crippen LogP contribution in [0.1, 0.15) is 68.1 Å². The van der Waals surface area contributed by atoms with E-state index >= 15 is 0 Å². The molecule has 1 aliphatic heterocycles. The number of imidazole rings is 1. The molecule has 1 aromatic heterocycles. The van der Waals surface area contributed by atoms with Gasteiger partial charge in [0.05, 0.1) is 12.3 Å². The van der Waals surface area contributed by atoms with E-state index in [1.807, 2.05) is 0 Å². The van der Waals surface area contributed by atoms with Crippen molar-refractivity contribution in [2.24, 2.45) is 0 Å². The van der Waals surface area contributed by atoms with Crippen LogP contribution < -0.4 is 5.69 Å². The number of Topliss-reactive ketones (excluding diaryl/α,β-unsaturated/α-hetero) is 1. The molecule has 0 amide bonds. The number of nitrogens with zero attached hydrogens (tertiary/aromatic N) is 1. The van der Waals surface area contributed by atoms with Gasteiger partial charge in [-0.05, 0) is 45.7 Å². The number of carbonyl (C=O) groups is 2. The number of ketones is 1. The quantitative estimate of drug-likeness (QED) is 0.408. The first kappa shape index (κ1) is 18.4. The molecule has 134 valence electrons. The van der Waals surface area contributed by atoms with Crippen LogP contribution in [0.2, 0.25) is 0 Å². The van der Waals surface area contributed by atoms with Crippen molar-refractivity contribution in [1.82, 2.24) is 14.9 Å². The number of likely N-dealkylation sites (tertiary alicyclic amines) is 1. The van der Waals surface area contributed by atoms with Crippen molar-refractivity contribution >= 4 is 11.8 Å². The van der Waals surface area contributed by atoms with E-state index in [4.69, 9.17) is 4.74 Å². The van der Waals surface area contributed by atoms with Gasteiger partial charge in [0.15, 0.2) is 5.78 Å². The molecule has 2 N–H and O–H groups in total. The standard InChI is InChI=1S/C17H27N3O4/c1-2-24-15(22)9-5-4-8-14(21)16-13(18-17(23)19-16)12-20-10-6-3-7-11-20/h2-12H2,1H3,(H2,18,19,23). The van der Waals surface area contributed by atoms with E-state index in [2.05, 4.69) is 14.9 Å². The molecular formula is C17H27N3O4. The predicted octanol–water partition coefficient (Wildman–Crippen LogP) is 2.00. The molecule has 0 spiro atoms. The summed E-state index contributed by atoms with van der Waals surface area (Å²) in [5, 5.41) is 0. The van der Waals surface area contributed by atoms with E-state index in [9.17, 15) is 14.4 Å². The number of aromatic nitrogens is 2. The average molecular weight is 337 g/mol. The SMILES string of the molecule is CCOC(=O)CCCCC(=O)c1[nH]c(=O)[nH]c1CN1CCCCC1. The molecule has 7 nitrogen and oxygen atoms in total. The number of unbranched alkanes of at least 4 members (excludes halogenated alkanes) is 1. The molecule has 1 aromatic rings. The first-order chi connectivity index (χ1) is 11.6. The normalized spacial score (nSPS) is 15.4. The molecule has 7 heteroatoms. The summed E-state index contributed by atoms with van der Waals surface area (Å²) in [6, 6.07) is 0. The summed E-state index contributed by atoms with van der Waals surface area (Å²) in [5.74, 6) is -0.310. The summed E-state index contributed by atoms with van der Waals surface area (Å²) in [4.78, 5) is 42.9. The summed E-state index contributed by atoms with van der Waals surface area (Å²) in [6.07, 6.45) is 5.42. The zero-order chi connectivity index (χ0) is 17.4. The minimum atomic E-state index is -0.336. The average Bonchev–Trinajstić information content (AvgIpc) is 2.93. The first-order valence-corrected chi connectivity index (χ1v) is 8.82. The van der Waals surface area contributed by atoms with Crippen LogP contribution in [0, 0.1) is 0 Å². The maximum absolute atomic E-state index is 12.4. The van der Waals surface area contributed by atoms with Gasteiger partial charge in [0, 0.05) is 19.4 Å². The van der Waals surface area contributed by atoms with Crippen molar-refractivity contribution in [2.75, 3.05) is 19.7 Å². The van der Waals surface area contributed by atoms with Crippen LogP contribution in [0.25, 0.3) is 0 Å². The summed E-state index contributed by atoms with van der Waals surface area (Å²) in [7, 11) is 0. The van der Waals surface area contributed by atoms with Gasteiger partial charge >= 0.3 is 11.7 Å². The fourth-order valence-corrected chi connectivity index (χ4v) is 3.03. The van der Waals surface area contributed by atoms with Gasteiger partial charge in [-0.25, -0.2) is 4.79 Å². The number of H-pyrrole nitrogens is 2. The molecule has 0 saturated carbocycles. The zero-order valence-corrected chi connectivity index (χ0v) is 14.4. The number of piperidine rings is 1. The highest BCUT2D eigenvalue weighted by molar-refractivity contribution is 5.95. The van der Waals surface area contributed by atoms with Crippen molar-refractivity contribution in [2.45, 2.75) is 58.4 Å². The summed E-state index contributed by atoms with van der Waals surface area (Å²) in [5.41, 5.74) is 0.732. The van der Waals surface area contributed by atoms with E-state index in [0.29, 0.717) is 50.2 Å². The van der Waals surface area contributed by atoms with Crippen LogP contribution in [0.4, 0.5) is 0 Å². The fourth-order valence-electron chi connectivity index (χ4n) is 3.03. The van der Waals surface area contributed by atoms with Gasteiger partial charge in [-0.1, -0.05) is 6.42 Å². The second-order valence-corrected chi connectivity index (χ2v) is 6.20. The van der Waals surface area contributed by atoms with Gasteiger partial charge in [0.2, 0.25) is 0 Å². The molecule has 0 radical (unpaired) electrons. The fraction of sp³-hybridized carbons (Fsp3) is 0.706. The van der Waals surface area contributed by atoms with Crippen molar-refractivity contribution in [3.63, 3.8) is 0 Å². The lowest BCUT2D eigenvalue weighted by molar-refractivity contribution is -0.143. The monoisotopic (exact) mass is 337 g/mol. The van der Waals surface area contributed by atoms with Crippen molar-refractivity contribution in [3.05, 3.63) is 21.9 Å². The molecule has 2 rings (SSSR count). The van der Waals surface area contributed by atoms with Gasteiger partial charge in [-0.3, -0.25) is 14.5 Å². The van der Waals surface area contributed by atoms with Crippen LogP contribution in [0.15, 0.2) is 4.79 Å². The Bertz CT molecular complexity index is 599. The number of aromatic amines is 2. The molecule has 1 aliphatic rings. The molecule has 0 aliphatic carbocycles. The second-order valence-electron chi connectivity index (χ2n) is 6.20. The Morgan fingerprint density at radius 3 is 2.50 bits per heavy atom. The smallest absolute Gasteiger partial charge is 0.323 e. The Hall–Kier alpha value is -1.89. The van der Waals surface area contributed by atoms with E-state index in [0.717, 1.165) is 25.9 Å². The van der Waals surface area contributed by atoms with Crippen LogP contribution in [0.5, 0.6) is 0 Å². The lowest BCUT2D eigenvalue weighted by atomic mass is 10.1. The Balaban J connectivity index is 1.85. The largest absolute Gasteiger partial charge is 0.466 e. The highest BCUT2D eigenvalue weighted by atomic mass is 16.5. The molecule has 0 atom stereocenters. The lowest BCUT2D eigenvalue weighted by Gasteiger charge is -2.25. The van der Waals surface area contributed by atoms with E-state index in [-0.39, 0.29) is 17.4 Å². The van der Waals surface area contributed by atoms with E-state index < -0.39 is 0 Å². The summed E-state index contributed by atoms with van der Waals surface area (Å²) in [6.45, 7) is 4.75. The minimum Gasteiger partial charge on any atom is -0.466 e. The number of carbonyl (C=O) groups excluding carboxylic acids is 2. The van der Waals surface area contributed by atoms with Gasteiger partial charge < -0.3 is 14.7 Å². The van der Waals surface area contributed by atoms with Gasteiger partial charge in [0.25, 0.3) is 0 Å². The number of rotatable bonds is 9. The molecule has 0 aromatic carbocycles. The topological polar surface area (TPSA) is 95.3 Å². The van der Waals surface area contributed by atoms with Crippen LogP contribution in [-0.2, 0) is 16.1 Å². The third kappa shape index (κ3) is 5.63. The minimum absolute atomic E-state index is 0.0794. The molecule has 24 heavy (non-hydrogen) atoms. The molecule has 0 unspecified atom stereocenters. The lowest BCUT2D eigenvalue weighted by Crippen LogP contribution is -2.30. The molecule has 2 heterocycles. The van der Waals surface area contributed by atoms with Gasteiger partial charge in [0.1, 0.15) is 5.69 Å². The Labute approximate surface area is 141 Å². The van der Waals surface area contributed by atoms with Crippen LogP contribution in [0.3, 0.4) is 0 Å². The number of ether oxygens (including phenoxy) is 1. The number of esters is 1. The highest BCUT2D eigenvalue weighted by Crippen LogP contribution is 2.15. The molecular weight excluding hydrogens is 310 g/mol. The second kappa shape index (κ2) is 9.42. The first-order valence-electron chi connectivity index (χ1n) is 8.82. The Kier molecular flexibility index (Phi) is 7.24. The number of nitrogens with one attached hydrogen (secondary N) is 2. The molecule has 1 saturated heterocycles. The molecule has 1 fully saturated rings. The van der Waals surface area contributed by atoms with Gasteiger partial charge in [-0.2, -0.15) is 0 Å². The van der Waals surface area contributed by atoms with E-state index in [1.165, 1.54) is 6.42 Å². The van der Waals surface area contributed by atoms with Crippen molar-refractivity contribution in [1.29, 1.82) is 0 Å². The molecule has 0 bridgehead atoms. The van der Waals surface area contributed by atoms with Crippen LogP contribution >= 0.6 is 0 Å². The van der Waals surface area contributed by atoms with Crippen molar-refractivity contribution in [3.8, 4) is 0 Å². The maximum Gasteiger partial charge on any atom is 0.323 e.